The Labute approximate surface area is 284 Å². The molecule has 1 aromatic heterocycles. The third-order valence-corrected chi connectivity index (χ3v) is 9.88. The smallest absolute Gasteiger partial charge is 0.416 e. The lowest BCUT2D eigenvalue weighted by atomic mass is 9.91. The van der Waals surface area contributed by atoms with E-state index in [4.69, 9.17) is 4.74 Å². The molecule has 5 rings (SSSR count). The van der Waals surface area contributed by atoms with Gasteiger partial charge in [-0.1, -0.05) is 48.5 Å². The number of ketones is 1. The Morgan fingerprint density at radius 1 is 1.02 bits per heavy atom. The summed E-state index contributed by atoms with van der Waals surface area (Å²) >= 11 is 1.26. The summed E-state index contributed by atoms with van der Waals surface area (Å²) < 4.78 is 80.1. The maximum atomic E-state index is 16.0. The molecule has 3 aromatic carbocycles. The summed E-state index contributed by atoms with van der Waals surface area (Å²) in [6.07, 6.45) is -4.77. The van der Waals surface area contributed by atoms with Crippen LogP contribution in [0, 0.1) is 18.6 Å². The summed E-state index contributed by atoms with van der Waals surface area (Å²) in [6, 6.07) is 15.0. The molecule has 6 nitrogen and oxygen atoms in total. The average molecular weight is 699 g/mol. The van der Waals surface area contributed by atoms with Crippen molar-refractivity contribution in [2.24, 2.45) is 0 Å². The third-order valence-electron chi connectivity index (χ3n) is 8.66. The number of esters is 1. The number of thioether (sulfide) groups is 1. The lowest BCUT2D eigenvalue weighted by molar-refractivity contribution is -0.143. The van der Waals surface area contributed by atoms with Crippen molar-refractivity contribution in [2.75, 3.05) is 18.9 Å². The first-order valence-electron chi connectivity index (χ1n) is 15.8. The van der Waals surface area contributed by atoms with Crippen LogP contribution in [0.1, 0.15) is 76.9 Å². The van der Waals surface area contributed by atoms with Crippen LogP contribution in [-0.2, 0) is 22.1 Å². The number of carbonyl (C=O) groups excluding carboxylic acids is 2. The van der Waals surface area contributed by atoms with Crippen molar-refractivity contribution < 1.29 is 36.3 Å². The average Bonchev–Trinajstić information content (AvgIpc) is 3.49. The predicted molar refractivity (Wildman–Crippen MR) is 178 cm³/mol. The fourth-order valence-corrected chi connectivity index (χ4v) is 7.76. The van der Waals surface area contributed by atoms with Crippen molar-refractivity contribution in [1.82, 2.24) is 9.88 Å². The van der Waals surface area contributed by atoms with Crippen molar-refractivity contribution in [3.8, 4) is 11.1 Å². The highest BCUT2D eigenvalue weighted by Gasteiger charge is 2.38. The number of Topliss-reactive ketones (excluding diaryl/α,β-unsaturated/α-hetero) is 1. The minimum absolute atomic E-state index is 0.120. The summed E-state index contributed by atoms with van der Waals surface area (Å²) in [5, 5.41) is 3.80. The van der Waals surface area contributed by atoms with Crippen LogP contribution < -0.4 is 10.9 Å². The molecule has 49 heavy (non-hydrogen) atoms. The first-order chi connectivity index (χ1) is 23.3. The van der Waals surface area contributed by atoms with E-state index in [1.807, 2.05) is 30.3 Å². The molecule has 4 aromatic rings. The van der Waals surface area contributed by atoms with E-state index in [2.05, 4.69) is 5.32 Å². The number of hydrogen-bond donors (Lipinski definition) is 1. The molecular weight excluding hydrogens is 663 g/mol. The summed E-state index contributed by atoms with van der Waals surface area (Å²) in [7, 11) is 0. The number of alkyl halides is 3. The van der Waals surface area contributed by atoms with Crippen molar-refractivity contribution >= 4 is 23.5 Å². The zero-order chi connectivity index (χ0) is 35.5. The maximum Gasteiger partial charge on any atom is 0.416 e. The number of nitrogens with one attached hydrogen (secondary N) is 1. The number of hydrogen-bond acceptors (Lipinski definition) is 6. The van der Waals surface area contributed by atoms with Gasteiger partial charge in [0.05, 0.1) is 40.4 Å². The monoisotopic (exact) mass is 698 g/mol. The van der Waals surface area contributed by atoms with E-state index < -0.39 is 58.8 Å². The van der Waals surface area contributed by atoms with Crippen molar-refractivity contribution in [3.05, 3.63) is 122 Å². The van der Waals surface area contributed by atoms with Gasteiger partial charge in [0.15, 0.2) is 5.78 Å². The predicted octanol–water partition coefficient (Wildman–Crippen LogP) is 8.24. The van der Waals surface area contributed by atoms with Crippen LogP contribution in [0.25, 0.3) is 11.1 Å². The second kappa shape index (κ2) is 15.1. The Hall–Kier alpha value is -4.29. The molecule has 0 saturated carbocycles. The van der Waals surface area contributed by atoms with Crippen LogP contribution in [0.15, 0.2) is 76.6 Å². The molecule has 0 fully saturated rings. The summed E-state index contributed by atoms with van der Waals surface area (Å²) in [4.78, 5) is 38.8. The van der Waals surface area contributed by atoms with Crippen LogP contribution in [0.2, 0.25) is 0 Å². The standard InChI is InChI=1S/C37H35F5N2O4S/c1-4-48-31(46)17-10-18-43-34(23-11-6-5-7-12-23)30-20-49-36-26(19-27-28(37(40,41)42)15-9-16-29(27)38)21(2)32(35(47)44(30)36)25-14-8-13-24(22(3)45)33(25)39/h5-9,11-16,30,34,43H,4,10,17-20H2,1-3H3. The Bertz CT molecular complexity index is 1930. The minimum atomic E-state index is -4.85. The van der Waals surface area contributed by atoms with Crippen molar-refractivity contribution in [2.45, 2.75) is 63.3 Å². The van der Waals surface area contributed by atoms with Gasteiger partial charge < -0.3 is 10.1 Å². The number of pyridine rings is 1. The van der Waals surface area contributed by atoms with E-state index in [9.17, 15) is 27.6 Å². The van der Waals surface area contributed by atoms with Crippen molar-refractivity contribution in [3.63, 3.8) is 0 Å². The molecule has 1 aliphatic heterocycles. The molecule has 2 unspecified atom stereocenters. The maximum absolute atomic E-state index is 16.0. The Kier molecular flexibility index (Phi) is 11.1. The fourth-order valence-electron chi connectivity index (χ4n) is 6.33. The molecule has 258 valence electrons. The molecule has 0 amide bonds. The topological polar surface area (TPSA) is 77.4 Å². The Balaban J connectivity index is 1.71. The van der Waals surface area contributed by atoms with Gasteiger partial charge in [0, 0.05) is 29.7 Å². The van der Waals surface area contributed by atoms with Crippen LogP contribution >= 0.6 is 11.8 Å². The first-order valence-corrected chi connectivity index (χ1v) is 16.8. The van der Waals surface area contributed by atoms with E-state index in [1.165, 1.54) is 48.4 Å². The lowest BCUT2D eigenvalue weighted by Gasteiger charge is -2.28. The number of aromatic nitrogens is 1. The molecule has 2 atom stereocenters. The molecular formula is C37H35F5N2O4S. The Morgan fingerprint density at radius 3 is 2.41 bits per heavy atom. The van der Waals surface area contributed by atoms with Crippen LogP contribution in [-0.4, -0.2) is 35.2 Å². The molecule has 0 bridgehead atoms. The van der Waals surface area contributed by atoms with Gasteiger partial charge in [-0.15, -0.1) is 11.8 Å². The van der Waals surface area contributed by atoms with Crippen LogP contribution in [0.5, 0.6) is 0 Å². The van der Waals surface area contributed by atoms with Crippen LogP contribution in [0.3, 0.4) is 0 Å². The van der Waals surface area contributed by atoms with Gasteiger partial charge in [-0.3, -0.25) is 19.0 Å². The third kappa shape index (κ3) is 7.50. The number of ether oxygens (including phenoxy) is 1. The molecule has 1 aliphatic rings. The normalized spacial score (nSPS) is 14.8. The minimum Gasteiger partial charge on any atom is -0.466 e. The second-order valence-corrected chi connectivity index (χ2v) is 12.8. The molecule has 2 heterocycles. The van der Waals surface area contributed by atoms with E-state index in [1.54, 1.807) is 6.92 Å². The Morgan fingerprint density at radius 2 is 1.73 bits per heavy atom. The van der Waals surface area contributed by atoms with Gasteiger partial charge >= 0.3 is 12.1 Å². The number of fused-ring (bicyclic) bond motifs is 1. The zero-order valence-corrected chi connectivity index (χ0v) is 27.9. The highest BCUT2D eigenvalue weighted by Crippen LogP contribution is 2.45. The number of benzene rings is 3. The fraction of sp³-hybridized carbons (Fsp3) is 0.324. The zero-order valence-electron chi connectivity index (χ0n) is 27.1. The van der Waals surface area contributed by atoms with E-state index in [0.29, 0.717) is 23.7 Å². The van der Waals surface area contributed by atoms with E-state index >= 15 is 8.78 Å². The highest BCUT2D eigenvalue weighted by atomic mass is 32.2. The number of halogens is 5. The second-order valence-electron chi connectivity index (χ2n) is 11.8. The SMILES string of the molecule is CCOC(=O)CCCNC(c1ccccc1)C1CSc2c(Cc3c(F)cccc3C(F)(F)F)c(C)c(-c3cccc(C(C)=O)c3F)c(=O)n21. The van der Waals surface area contributed by atoms with Gasteiger partial charge in [-0.25, -0.2) is 8.78 Å². The first kappa shape index (κ1) is 36.0. The van der Waals surface area contributed by atoms with Gasteiger partial charge in [0.1, 0.15) is 11.6 Å². The van der Waals surface area contributed by atoms with Crippen molar-refractivity contribution in [1.29, 1.82) is 0 Å². The van der Waals surface area contributed by atoms with Gasteiger partial charge in [-0.2, -0.15) is 13.2 Å². The molecule has 12 heteroatoms. The molecule has 0 radical (unpaired) electrons. The number of rotatable bonds is 12. The summed E-state index contributed by atoms with van der Waals surface area (Å²) in [5.74, 6) is -2.58. The number of nitrogens with zero attached hydrogens (tertiary/aromatic N) is 1. The van der Waals surface area contributed by atoms with E-state index in [0.717, 1.165) is 23.8 Å². The van der Waals surface area contributed by atoms with Gasteiger partial charge in [0.2, 0.25) is 0 Å². The largest absolute Gasteiger partial charge is 0.466 e. The summed E-state index contributed by atoms with van der Waals surface area (Å²) in [6.45, 7) is 5.05. The number of carbonyl (C=O) groups is 2. The van der Waals surface area contributed by atoms with Gasteiger partial charge in [0.25, 0.3) is 5.56 Å². The quantitative estimate of drug-likeness (QED) is 0.0696. The highest BCUT2D eigenvalue weighted by molar-refractivity contribution is 7.99. The molecule has 0 aliphatic carbocycles. The molecule has 0 saturated heterocycles. The van der Waals surface area contributed by atoms with Crippen LogP contribution in [0.4, 0.5) is 22.0 Å². The van der Waals surface area contributed by atoms with Gasteiger partial charge in [-0.05, 0) is 68.6 Å². The summed E-state index contributed by atoms with van der Waals surface area (Å²) in [5.41, 5.74) is -1.61. The van der Waals surface area contributed by atoms with E-state index in [-0.39, 0.29) is 46.8 Å². The molecule has 1 N–H and O–H groups in total. The molecule has 0 spiro atoms. The lowest BCUT2D eigenvalue weighted by Crippen LogP contribution is -2.36.